The van der Waals surface area contributed by atoms with Crippen LogP contribution in [0.25, 0.3) is 0 Å². The number of carbonyl (C=O) groups is 1. The Balaban J connectivity index is 2.19. The van der Waals surface area contributed by atoms with Gasteiger partial charge in [-0.1, -0.05) is 12.1 Å². The molecule has 17 heavy (non-hydrogen) atoms. The summed E-state index contributed by atoms with van der Waals surface area (Å²) in [5, 5.41) is 2.37. The Morgan fingerprint density at radius 1 is 1.24 bits per heavy atom. The van der Waals surface area contributed by atoms with Gasteiger partial charge in [0, 0.05) is 6.04 Å². The molecule has 1 aliphatic carbocycles. The van der Waals surface area contributed by atoms with Crippen LogP contribution in [0.2, 0.25) is 0 Å². The Bertz CT molecular complexity index is 452. The van der Waals surface area contributed by atoms with Gasteiger partial charge in [-0.15, -0.1) is 11.6 Å². The molecular weight excluding hydrogens is 234 g/mol. The van der Waals surface area contributed by atoms with Crippen LogP contribution in [0.1, 0.15) is 40.5 Å². The lowest BCUT2D eigenvalue weighted by molar-refractivity contribution is -0.121. The van der Waals surface area contributed by atoms with Crippen molar-refractivity contribution in [2.24, 2.45) is 0 Å². The van der Waals surface area contributed by atoms with Crippen LogP contribution in [-0.4, -0.2) is 11.9 Å². The fourth-order valence-electron chi connectivity index (χ4n) is 1.90. The van der Waals surface area contributed by atoms with Crippen LogP contribution in [0, 0.1) is 20.8 Å². The first-order valence-corrected chi connectivity index (χ1v) is 6.45. The molecule has 1 saturated carbocycles. The molecule has 1 amide bonds. The number of hydrogen-bond acceptors (Lipinski definition) is 1. The Hall–Kier alpha value is -1.02. The molecule has 92 valence electrons. The van der Waals surface area contributed by atoms with Crippen molar-refractivity contribution in [1.82, 2.24) is 5.32 Å². The van der Waals surface area contributed by atoms with E-state index in [0.29, 0.717) is 6.04 Å². The van der Waals surface area contributed by atoms with E-state index in [1.165, 1.54) is 11.1 Å². The Morgan fingerprint density at radius 2 is 1.82 bits per heavy atom. The minimum atomic E-state index is -0.574. The first-order chi connectivity index (χ1) is 7.99. The summed E-state index contributed by atoms with van der Waals surface area (Å²) in [7, 11) is 0. The number of carbonyl (C=O) groups excluding carboxylic acids is 1. The van der Waals surface area contributed by atoms with Gasteiger partial charge in [-0.3, -0.25) is 4.79 Å². The van der Waals surface area contributed by atoms with Gasteiger partial charge in [0.15, 0.2) is 0 Å². The molecule has 1 atom stereocenters. The quantitative estimate of drug-likeness (QED) is 0.822. The smallest absolute Gasteiger partial charge is 0.242 e. The standard InChI is InChI=1S/C14H18ClNO/c1-8-6-10(3)12(7-9(8)2)13(15)14(17)16-11-4-5-11/h6-7,11,13H,4-5H2,1-3H3,(H,16,17). The molecule has 1 aromatic rings. The number of hydrogen-bond donors (Lipinski definition) is 1. The molecule has 3 heteroatoms. The van der Waals surface area contributed by atoms with Crippen molar-refractivity contribution in [2.75, 3.05) is 0 Å². The highest BCUT2D eigenvalue weighted by atomic mass is 35.5. The minimum absolute atomic E-state index is 0.0690. The van der Waals surface area contributed by atoms with Crippen LogP contribution < -0.4 is 5.32 Å². The van der Waals surface area contributed by atoms with Crippen molar-refractivity contribution in [3.63, 3.8) is 0 Å². The monoisotopic (exact) mass is 251 g/mol. The van der Waals surface area contributed by atoms with Crippen molar-refractivity contribution in [3.05, 3.63) is 34.4 Å². The molecule has 0 radical (unpaired) electrons. The van der Waals surface area contributed by atoms with Crippen LogP contribution in [0.5, 0.6) is 0 Å². The van der Waals surface area contributed by atoms with Gasteiger partial charge in [0.25, 0.3) is 0 Å². The summed E-state index contributed by atoms with van der Waals surface area (Å²) in [5.74, 6) is -0.0690. The summed E-state index contributed by atoms with van der Waals surface area (Å²) in [4.78, 5) is 11.9. The SMILES string of the molecule is Cc1cc(C)c(C(Cl)C(=O)NC2CC2)cc1C. The van der Waals surface area contributed by atoms with Gasteiger partial charge in [-0.05, 0) is 55.9 Å². The lowest BCUT2D eigenvalue weighted by atomic mass is 9.98. The summed E-state index contributed by atoms with van der Waals surface area (Å²) in [6, 6.07) is 4.47. The average Bonchev–Trinajstić information content (AvgIpc) is 3.06. The number of benzene rings is 1. The lowest BCUT2D eigenvalue weighted by Gasteiger charge is -2.15. The number of alkyl halides is 1. The Morgan fingerprint density at radius 3 is 2.41 bits per heavy atom. The third-order valence-electron chi connectivity index (χ3n) is 3.31. The zero-order valence-electron chi connectivity index (χ0n) is 10.5. The van der Waals surface area contributed by atoms with E-state index in [1.807, 2.05) is 19.9 Å². The van der Waals surface area contributed by atoms with E-state index in [4.69, 9.17) is 11.6 Å². The van der Waals surface area contributed by atoms with Crippen LogP contribution in [0.15, 0.2) is 12.1 Å². The summed E-state index contributed by atoms with van der Waals surface area (Å²) in [5.41, 5.74) is 4.42. The van der Waals surface area contributed by atoms with Gasteiger partial charge in [0.1, 0.15) is 5.38 Å². The highest BCUT2D eigenvalue weighted by Crippen LogP contribution is 2.28. The van der Waals surface area contributed by atoms with Crippen LogP contribution in [0.4, 0.5) is 0 Å². The Kier molecular flexibility index (Phi) is 3.43. The second kappa shape index (κ2) is 4.69. The van der Waals surface area contributed by atoms with Crippen molar-refractivity contribution < 1.29 is 4.79 Å². The maximum Gasteiger partial charge on any atom is 0.242 e. The zero-order chi connectivity index (χ0) is 12.6. The number of nitrogens with one attached hydrogen (secondary N) is 1. The van der Waals surface area contributed by atoms with E-state index in [0.717, 1.165) is 24.0 Å². The van der Waals surface area contributed by atoms with Gasteiger partial charge in [-0.2, -0.15) is 0 Å². The van der Waals surface area contributed by atoms with Crippen LogP contribution in [-0.2, 0) is 4.79 Å². The molecule has 1 unspecified atom stereocenters. The van der Waals surface area contributed by atoms with Gasteiger partial charge in [0.05, 0.1) is 0 Å². The Labute approximate surface area is 107 Å². The van der Waals surface area contributed by atoms with E-state index in [1.54, 1.807) is 0 Å². The topological polar surface area (TPSA) is 29.1 Å². The molecule has 0 bridgehead atoms. The molecule has 0 aromatic heterocycles. The molecule has 2 rings (SSSR count). The third-order valence-corrected chi connectivity index (χ3v) is 3.74. The summed E-state index contributed by atoms with van der Waals surface area (Å²) in [6.07, 6.45) is 2.17. The summed E-state index contributed by atoms with van der Waals surface area (Å²) < 4.78 is 0. The zero-order valence-corrected chi connectivity index (χ0v) is 11.3. The third kappa shape index (κ3) is 2.81. The van der Waals surface area contributed by atoms with E-state index < -0.39 is 5.38 Å². The minimum Gasteiger partial charge on any atom is -0.352 e. The maximum atomic E-state index is 11.9. The van der Waals surface area contributed by atoms with E-state index in [-0.39, 0.29) is 5.91 Å². The predicted molar refractivity (Wildman–Crippen MR) is 70.4 cm³/mol. The normalized spacial score (nSPS) is 16.7. The molecule has 0 saturated heterocycles. The highest BCUT2D eigenvalue weighted by Gasteiger charge is 2.27. The fourth-order valence-corrected chi connectivity index (χ4v) is 2.20. The molecule has 1 N–H and O–H groups in total. The van der Waals surface area contributed by atoms with E-state index >= 15 is 0 Å². The fraction of sp³-hybridized carbons (Fsp3) is 0.500. The number of halogens is 1. The van der Waals surface area contributed by atoms with Gasteiger partial charge < -0.3 is 5.32 Å². The first kappa shape index (κ1) is 12.4. The van der Waals surface area contributed by atoms with Crippen molar-refractivity contribution in [1.29, 1.82) is 0 Å². The molecule has 1 aliphatic rings. The number of amides is 1. The van der Waals surface area contributed by atoms with Crippen molar-refractivity contribution >= 4 is 17.5 Å². The lowest BCUT2D eigenvalue weighted by Crippen LogP contribution is -2.29. The maximum absolute atomic E-state index is 11.9. The predicted octanol–water partition coefficient (Wildman–Crippen LogP) is 3.17. The summed E-state index contributed by atoms with van der Waals surface area (Å²) >= 11 is 6.25. The molecule has 0 heterocycles. The number of rotatable bonds is 3. The largest absolute Gasteiger partial charge is 0.352 e. The van der Waals surface area contributed by atoms with Crippen LogP contribution >= 0.6 is 11.6 Å². The second-order valence-electron chi connectivity index (χ2n) is 4.94. The molecule has 1 aromatic carbocycles. The molecule has 2 nitrogen and oxygen atoms in total. The summed E-state index contributed by atoms with van der Waals surface area (Å²) in [6.45, 7) is 6.11. The van der Waals surface area contributed by atoms with Gasteiger partial charge >= 0.3 is 0 Å². The number of aryl methyl sites for hydroxylation is 3. The average molecular weight is 252 g/mol. The van der Waals surface area contributed by atoms with E-state index in [9.17, 15) is 4.79 Å². The van der Waals surface area contributed by atoms with Gasteiger partial charge in [0.2, 0.25) is 5.91 Å². The molecule has 1 fully saturated rings. The molecular formula is C14H18ClNO. The second-order valence-corrected chi connectivity index (χ2v) is 5.37. The van der Waals surface area contributed by atoms with Crippen molar-refractivity contribution in [2.45, 2.75) is 45.0 Å². The van der Waals surface area contributed by atoms with E-state index in [2.05, 4.69) is 18.3 Å². The first-order valence-electron chi connectivity index (χ1n) is 6.01. The highest BCUT2D eigenvalue weighted by molar-refractivity contribution is 6.31. The van der Waals surface area contributed by atoms with Gasteiger partial charge in [-0.25, -0.2) is 0 Å². The van der Waals surface area contributed by atoms with Crippen LogP contribution in [0.3, 0.4) is 0 Å². The molecule has 0 spiro atoms. The molecule has 0 aliphatic heterocycles. The van der Waals surface area contributed by atoms with Crippen molar-refractivity contribution in [3.8, 4) is 0 Å².